The molecule has 1 aromatic heterocycles. The first-order valence-electron chi connectivity index (χ1n) is 5.29. The molecule has 0 bridgehead atoms. The number of hydrogen-bond acceptors (Lipinski definition) is 5. The van der Waals surface area contributed by atoms with Gasteiger partial charge in [0.2, 0.25) is 0 Å². The summed E-state index contributed by atoms with van der Waals surface area (Å²) in [5, 5.41) is 3.27. The molecule has 4 nitrogen and oxygen atoms in total. The van der Waals surface area contributed by atoms with Crippen LogP contribution in [0.15, 0.2) is 0 Å². The molecule has 1 aromatic rings. The zero-order valence-electron chi connectivity index (χ0n) is 9.58. The molecule has 0 atom stereocenters. The van der Waals surface area contributed by atoms with E-state index >= 15 is 0 Å². The molecule has 0 aromatic carbocycles. The van der Waals surface area contributed by atoms with E-state index in [0.29, 0.717) is 0 Å². The van der Waals surface area contributed by atoms with Crippen LogP contribution in [-0.4, -0.2) is 48.1 Å². The fourth-order valence-electron chi connectivity index (χ4n) is 1.57. The minimum absolute atomic E-state index is 1.02. The van der Waals surface area contributed by atoms with Crippen molar-refractivity contribution in [3.8, 4) is 0 Å². The summed E-state index contributed by atoms with van der Waals surface area (Å²) in [5.41, 5.74) is 4.51. The Morgan fingerprint density at radius 2 is 1.87 bits per heavy atom. The lowest BCUT2D eigenvalue weighted by Crippen LogP contribution is -2.46. The van der Waals surface area contributed by atoms with E-state index in [1.807, 2.05) is 0 Å². The van der Waals surface area contributed by atoms with Crippen LogP contribution in [0.2, 0.25) is 0 Å². The smallest absolute Gasteiger partial charge is 0.197 e. The summed E-state index contributed by atoms with van der Waals surface area (Å²) in [5.74, 6) is 0. The van der Waals surface area contributed by atoms with Gasteiger partial charge >= 0.3 is 0 Å². The number of thiazole rings is 1. The van der Waals surface area contributed by atoms with Crippen molar-refractivity contribution < 1.29 is 0 Å². The molecule has 1 aliphatic rings. The maximum absolute atomic E-state index is 4.48. The van der Waals surface area contributed by atoms with Crippen LogP contribution in [-0.2, 0) is 0 Å². The maximum atomic E-state index is 4.48. The van der Waals surface area contributed by atoms with E-state index in [1.165, 1.54) is 4.88 Å². The molecule has 84 valence electrons. The van der Waals surface area contributed by atoms with E-state index in [1.54, 1.807) is 11.3 Å². The van der Waals surface area contributed by atoms with Crippen LogP contribution >= 0.6 is 11.3 Å². The molecule has 0 saturated carbocycles. The zero-order chi connectivity index (χ0) is 10.8. The first-order chi connectivity index (χ1) is 7.15. The number of aromatic nitrogens is 1. The van der Waals surface area contributed by atoms with Crippen molar-refractivity contribution in [3.05, 3.63) is 10.6 Å². The molecule has 1 saturated heterocycles. The number of hydrogen-bond donors (Lipinski definition) is 1. The molecule has 0 radical (unpaired) electrons. The standard InChI is InChI=1S/C10H18N4S/c1-8-9(2)15-10(11-8)12-14-6-4-13(3)5-7-14/h4-7H2,1-3H3,(H,11,12). The summed E-state index contributed by atoms with van der Waals surface area (Å²) in [6.07, 6.45) is 0. The van der Waals surface area contributed by atoms with Crippen molar-refractivity contribution in [3.63, 3.8) is 0 Å². The molecule has 0 spiro atoms. The summed E-state index contributed by atoms with van der Waals surface area (Å²) in [6, 6.07) is 0. The van der Waals surface area contributed by atoms with Gasteiger partial charge in [0.05, 0.1) is 5.69 Å². The Balaban J connectivity index is 1.91. The number of rotatable bonds is 2. The van der Waals surface area contributed by atoms with Crippen LogP contribution < -0.4 is 5.43 Å². The van der Waals surface area contributed by atoms with E-state index in [4.69, 9.17) is 0 Å². The SMILES string of the molecule is Cc1nc(NN2CCN(C)CC2)sc1C. The van der Waals surface area contributed by atoms with Crippen LogP contribution in [0.4, 0.5) is 5.13 Å². The number of nitrogens with zero attached hydrogens (tertiary/aromatic N) is 3. The Labute approximate surface area is 94.9 Å². The lowest BCUT2D eigenvalue weighted by Gasteiger charge is -2.32. The first-order valence-corrected chi connectivity index (χ1v) is 6.11. The predicted octanol–water partition coefficient (Wildman–Crippen LogP) is 1.33. The minimum atomic E-state index is 1.02. The van der Waals surface area contributed by atoms with Gasteiger partial charge in [0, 0.05) is 31.1 Å². The Hall–Kier alpha value is -0.650. The van der Waals surface area contributed by atoms with E-state index in [0.717, 1.165) is 37.0 Å². The van der Waals surface area contributed by atoms with Gasteiger partial charge in [0.1, 0.15) is 0 Å². The second-order valence-corrected chi connectivity index (χ2v) is 5.27. The predicted molar refractivity (Wildman–Crippen MR) is 64.3 cm³/mol. The quantitative estimate of drug-likeness (QED) is 0.824. The van der Waals surface area contributed by atoms with Gasteiger partial charge in [0.25, 0.3) is 0 Å². The van der Waals surface area contributed by atoms with Gasteiger partial charge < -0.3 is 4.90 Å². The first kappa shape index (κ1) is 10.9. The molecule has 2 heterocycles. The summed E-state index contributed by atoms with van der Waals surface area (Å²) in [6.45, 7) is 8.54. The third-order valence-electron chi connectivity index (χ3n) is 2.79. The van der Waals surface area contributed by atoms with Gasteiger partial charge in [-0.1, -0.05) is 0 Å². The van der Waals surface area contributed by atoms with Crippen molar-refractivity contribution in [1.82, 2.24) is 14.9 Å². The van der Waals surface area contributed by atoms with Gasteiger partial charge in [-0.15, -0.1) is 11.3 Å². The van der Waals surface area contributed by atoms with E-state index in [9.17, 15) is 0 Å². The summed E-state index contributed by atoms with van der Waals surface area (Å²) >= 11 is 1.73. The monoisotopic (exact) mass is 226 g/mol. The lowest BCUT2D eigenvalue weighted by atomic mass is 10.4. The normalized spacial score (nSPS) is 19.4. The van der Waals surface area contributed by atoms with E-state index in [2.05, 4.69) is 41.2 Å². The zero-order valence-corrected chi connectivity index (χ0v) is 10.4. The van der Waals surface area contributed by atoms with Crippen LogP contribution in [0, 0.1) is 13.8 Å². The highest BCUT2D eigenvalue weighted by atomic mass is 32.1. The average Bonchev–Trinajstić information content (AvgIpc) is 2.50. The number of piperazine rings is 1. The van der Waals surface area contributed by atoms with Crippen LogP contribution in [0.5, 0.6) is 0 Å². The van der Waals surface area contributed by atoms with E-state index < -0.39 is 0 Å². The second kappa shape index (κ2) is 4.47. The molecule has 1 N–H and O–H groups in total. The molecular weight excluding hydrogens is 208 g/mol. The fraction of sp³-hybridized carbons (Fsp3) is 0.700. The second-order valence-electron chi connectivity index (χ2n) is 4.06. The minimum Gasteiger partial charge on any atom is -0.304 e. The van der Waals surface area contributed by atoms with Gasteiger partial charge in [-0.05, 0) is 20.9 Å². The topological polar surface area (TPSA) is 31.4 Å². The Morgan fingerprint density at radius 3 is 2.40 bits per heavy atom. The number of hydrazine groups is 1. The lowest BCUT2D eigenvalue weighted by molar-refractivity contribution is 0.179. The van der Waals surface area contributed by atoms with Gasteiger partial charge in [0.15, 0.2) is 5.13 Å². The average molecular weight is 226 g/mol. The molecule has 1 aliphatic heterocycles. The van der Waals surface area contributed by atoms with Crippen molar-refractivity contribution in [2.24, 2.45) is 0 Å². The van der Waals surface area contributed by atoms with Gasteiger partial charge in [-0.25, -0.2) is 9.99 Å². The van der Waals surface area contributed by atoms with Crippen LogP contribution in [0.3, 0.4) is 0 Å². The summed E-state index contributed by atoms with van der Waals surface area (Å²) in [4.78, 5) is 8.12. The molecule has 5 heteroatoms. The highest BCUT2D eigenvalue weighted by molar-refractivity contribution is 7.15. The molecule has 1 fully saturated rings. The van der Waals surface area contributed by atoms with Gasteiger partial charge in [-0.2, -0.15) is 0 Å². The van der Waals surface area contributed by atoms with E-state index in [-0.39, 0.29) is 0 Å². The molecule has 0 amide bonds. The molecule has 0 aliphatic carbocycles. The fourth-order valence-corrected chi connectivity index (χ4v) is 2.41. The van der Waals surface area contributed by atoms with Crippen LogP contribution in [0.25, 0.3) is 0 Å². The molecular formula is C10H18N4S. The number of aryl methyl sites for hydroxylation is 2. The molecule has 2 rings (SSSR count). The number of likely N-dealkylation sites (N-methyl/N-ethyl adjacent to an activating group) is 1. The summed E-state index contributed by atoms with van der Waals surface area (Å²) < 4.78 is 0. The maximum Gasteiger partial charge on any atom is 0.197 e. The Bertz CT molecular complexity index is 309. The van der Waals surface area contributed by atoms with Crippen molar-refractivity contribution in [2.75, 3.05) is 38.7 Å². The van der Waals surface area contributed by atoms with Gasteiger partial charge in [-0.3, -0.25) is 5.43 Å². The van der Waals surface area contributed by atoms with Crippen LogP contribution in [0.1, 0.15) is 10.6 Å². The molecule has 0 unspecified atom stereocenters. The van der Waals surface area contributed by atoms with Crippen molar-refractivity contribution in [2.45, 2.75) is 13.8 Å². The largest absolute Gasteiger partial charge is 0.304 e. The van der Waals surface area contributed by atoms with Crippen molar-refractivity contribution in [1.29, 1.82) is 0 Å². The Kier molecular flexibility index (Phi) is 3.23. The highest BCUT2D eigenvalue weighted by Crippen LogP contribution is 2.21. The third kappa shape index (κ3) is 2.68. The number of nitrogens with one attached hydrogen (secondary N) is 1. The highest BCUT2D eigenvalue weighted by Gasteiger charge is 2.14. The third-order valence-corrected chi connectivity index (χ3v) is 3.76. The Morgan fingerprint density at radius 1 is 1.20 bits per heavy atom. The number of anilines is 1. The van der Waals surface area contributed by atoms with Crippen molar-refractivity contribution >= 4 is 16.5 Å². The summed E-state index contributed by atoms with van der Waals surface area (Å²) in [7, 11) is 2.16. The molecule has 15 heavy (non-hydrogen) atoms.